The highest BCUT2D eigenvalue weighted by Crippen LogP contribution is 2.26. The summed E-state index contributed by atoms with van der Waals surface area (Å²) in [6, 6.07) is 4.75. The Morgan fingerprint density at radius 2 is 2.21 bits per heavy atom. The molecule has 1 aromatic heterocycles. The van der Waals surface area contributed by atoms with E-state index in [1.54, 1.807) is 30.5 Å². The van der Waals surface area contributed by atoms with Gasteiger partial charge < -0.3 is 0 Å². The molecule has 2 aromatic rings. The van der Waals surface area contributed by atoms with Crippen molar-refractivity contribution in [2.24, 2.45) is 0 Å². The highest BCUT2D eigenvalue weighted by molar-refractivity contribution is 7.93. The molecule has 0 bridgehead atoms. The van der Waals surface area contributed by atoms with Crippen LogP contribution < -0.4 is 4.72 Å². The quantitative estimate of drug-likeness (QED) is 0.939. The number of thiazole rings is 1. The second-order valence-corrected chi connectivity index (χ2v) is 6.67. The van der Waals surface area contributed by atoms with Crippen molar-refractivity contribution < 1.29 is 8.42 Å². The van der Waals surface area contributed by atoms with Crippen molar-refractivity contribution in [3.8, 4) is 0 Å². The molecule has 0 saturated carbocycles. The topological polar surface area (TPSA) is 59.1 Å². The number of aromatic nitrogens is 1. The lowest BCUT2D eigenvalue weighted by molar-refractivity contribution is 0.600. The van der Waals surface area contributed by atoms with E-state index in [0.29, 0.717) is 21.4 Å². The Bertz CT molecular complexity index is 723. The van der Waals surface area contributed by atoms with Crippen LogP contribution in [0, 0.1) is 6.92 Å². The molecule has 0 amide bonds. The molecule has 100 valence electrons. The summed E-state index contributed by atoms with van der Waals surface area (Å²) in [7, 11) is -3.68. The van der Waals surface area contributed by atoms with Crippen molar-refractivity contribution in [1.29, 1.82) is 0 Å². The SMILES string of the molecule is C=Cc1csc(NS(=O)(=O)c2cccc(Cl)c2C)n1. The van der Waals surface area contributed by atoms with Crippen molar-refractivity contribution in [3.05, 3.63) is 46.4 Å². The standard InChI is InChI=1S/C12H11ClN2O2S2/c1-3-9-7-18-12(14-9)15-19(16,17)11-6-4-5-10(13)8(11)2/h3-7H,1H2,2H3,(H,14,15). The number of rotatable bonds is 4. The molecule has 1 N–H and O–H groups in total. The lowest BCUT2D eigenvalue weighted by atomic mass is 10.2. The van der Waals surface area contributed by atoms with E-state index >= 15 is 0 Å². The fourth-order valence-corrected chi connectivity index (χ4v) is 3.92. The maximum absolute atomic E-state index is 12.2. The van der Waals surface area contributed by atoms with E-state index in [-0.39, 0.29) is 4.90 Å². The molecule has 0 spiro atoms. The van der Waals surface area contributed by atoms with Crippen LogP contribution in [0.2, 0.25) is 5.02 Å². The van der Waals surface area contributed by atoms with Gasteiger partial charge in [-0.1, -0.05) is 24.2 Å². The third-order valence-electron chi connectivity index (χ3n) is 2.46. The summed E-state index contributed by atoms with van der Waals surface area (Å²) in [5, 5.41) is 2.43. The highest BCUT2D eigenvalue weighted by atomic mass is 35.5. The predicted molar refractivity (Wildman–Crippen MR) is 79.2 cm³/mol. The number of hydrogen-bond acceptors (Lipinski definition) is 4. The van der Waals surface area contributed by atoms with Gasteiger partial charge >= 0.3 is 0 Å². The smallest absolute Gasteiger partial charge is 0.255 e. The Labute approximate surface area is 120 Å². The van der Waals surface area contributed by atoms with Crippen molar-refractivity contribution in [3.63, 3.8) is 0 Å². The zero-order valence-electron chi connectivity index (χ0n) is 10.1. The zero-order valence-corrected chi connectivity index (χ0v) is 12.4. The summed E-state index contributed by atoms with van der Waals surface area (Å²) in [6.45, 7) is 5.23. The molecule has 7 heteroatoms. The minimum absolute atomic E-state index is 0.148. The maximum Gasteiger partial charge on any atom is 0.263 e. The van der Waals surface area contributed by atoms with E-state index in [1.165, 1.54) is 17.4 Å². The van der Waals surface area contributed by atoms with Gasteiger partial charge in [0.15, 0.2) is 5.13 Å². The molecule has 0 atom stereocenters. The minimum Gasteiger partial charge on any atom is -0.255 e. The van der Waals surface area contributed by atoms with Gasteiger partial charge in [0.05, 0.1) is 10.6 Å². The van der Waals surface area contributed by atoms with E-state index in [4.69, 9.17) is 11.6 Å². The van der Waals surface area contributed by atoms with Crippen LogP contribution in [0.1, 0.15) is 11.3 Å². The molecule has 0 saturated heterocycles. The number of nitrogens with one attached hydrogen (secondary N) is 1. The van der Waals surface area contributed by atoms with Crippen molar-refractivity contribution in [1.82, 2.24) is 4.98 Å². The molecule has 1 aromatic carbocycles. The third kappa shape index (κ3) is 2.97. The fourth-order valence-electron chi connectivity index (χ4n) is 1.48. The lowest BCUT2D eigenvalue weighted by Gasteiger charge is -2.08. The number of hydrogen-bond donors (Lipinski definition) is 1. The summed E-state index contributed by atoms with van der Waals surface area (Å²) in [6.07, 6.45) is 1.55. The normalized spacial score (nSPS) is 11.3. The fraction of sp³-hybridized carbons (Fsp3) is 0.0833. The van der Waals surface area contributed by atoms with Crippen LogP contribution in [0.25, 0.3) is 6.08 Å². The second-order valence-electron chi connectivity index (χ2n) is 3.75. The predicted octanol–water partition coefficient (Wildman–Crippen LogP) is 3.55. The van der Waals surface area contributed by atoms with Crippen LogP contribution in [0.4, 0.5) is 5.13 Å². The average molecular weight is 315 g/mol. The first kappa shape index (κ1) is 14.0. The van der Waals surface area contributed by atoms with Crippen LogP contribution >= 0.6 is 22.9 Å². The highest BCUT2D eigenvalue weighted by Gasteiger charge is 2.19. The van der Waals surface area contributed by atoms with Crippen LogP contribution in [0.3, 0.4) is 0 Å². The number of sulfonamides is 1. The lowest BCUT2D eigenvalue weighted by Crippen LogP contribution is -2.14. The van der Waals surface area contributed by atoms with Crippen molar-refractivity contribution in [2.45, 2.75) is 11.8 Å². The number of benzene rings is 1. The Morgan fingerprint density at radius 1 is 1.47 bits per heavy atom. The Kier molecular flexibility index (Phi) is 3.93. The maximum atomic E-state index is 12.2. The second kappa shape index (κ2) is 5.32. The number of anilines is 1. The zero-order chi connectivity index (χ0) is 14.0. The van der Waals surface area contributed by atoms with Gasteiger partial charge in [-0.05, 0) is 30.7 Å². The van der Waals surface area contributed by atoms with Crippen LogP contribution in [-0.4, -0.2) is 13.4 Å². The summed E-state index contributed by atoms with van der Waals surface area (Å²) in [5.41, 5.74) is 1.14. The summed E-state index contributed by atoms with van der Waals surface area (Å²) in [5.74, 6) is 0. The minimum atomic E-state index is -3.68. The van der Waals surface area contributed by atoms with Crippen molar-refractivity contribution >= 4 is 44.2 Å². The first-order valence-corrected chi connectivity index (χ1v) is 8.04. The summed E-state index contributed by atoms with van der Waals surface area (Å²) in [4.78, 5) is 4.22. The van der Waals surface area contributed by atoms with Gasteiger partial charge in [0.2, 0.25) is 0 Å². The number of nitrogens with zero attached hydrogens (tertiary/aromatic N) is 1. The van der Waals surface area contributed by atoms with Gasteiger partial charge in [0.1, 0.15) is 0 Å². The van der Waals surface area contributed by atoms with E-state index in [1.807, 2.05) is 0 Å². The molecule has 0 aliphatic heterocycles. The number of halogens is 1. The molecular formula is C12H11ClN2O2S2. The molecule has 0 radical (unpaired) electrons. The molecule has 0 fully saturated rings. The molecule has 0 aliphatic rings. The summed E-state index contributed by atoms with van der Waals surface area (Å²) < 4.78 is 26.9. The van der Waals surface area contributed by atoms with Crippen molar-refractivity contribution in [2.75, 3.05) is 4.72 Å². The monoisotopic (exact) mass is 314 g/mol. The molecule has 19 heavy (non-hydrogen) atoms. The van der Waals surface area contributed by atoms with Gasteiger partial charge in [0, 0.05) is 10.4 Å². The molecule has 1 heterocycles. The first-order chi connectivity index (χ1) is 8.94. The molecule has 2 rings (SSSR count). The van der Waals surface area contributed by atoms with Gasteiger partial charge in [-0.2, -0.15) is 0 Å². The van der Waals surface area contributed by atoms with Gasteiger partial charge in [-0.25, -0.2) is 13.4 Å². The van der Waals surface area contributed by atoms with Crippen LogP contribution in [0.5, 0.6) is 0 Å². The largest absolute Gasteiger partial charge is 0.263 e. The Balaban J connectivity index is 2.37. The molecular weight excluding hydrogens is 304 g/mol. The molecule has 4 nitrogen and oxygen atoms in total. The van der Waals surface area contributed by atoms with Gasteiger partial charge in [-0.3, -0.25) is 4.72 Å². The third-order valence-corrected chi connectivity index (χ3v) is 5.26. The van der Waals surface area contributed by atoms with Gasteiger partial charge in [-0.15, -0.1) is 11.3 Å². The van der Waals surface area contributed by atoms with E-state index in [2.05, 4.69) is 16.3 Å². The van der Waals surface area contributed by atoms with E-state index in [0.717, 1.165) is 0 Å². The van der Waals surface area contributed by atoms with E-state index < -0.39 is 10.0 Å². The van der Waals surface area contributed by atoms with Crippen LogP contribution in [-0.2, 0) is 10.0 Å². The molecule has 0 aliphatic carbocycles. The van der Waals surface area contributed by atoms with E-state index in [9.17, 15) is 8.42 Å². The summed E-state index contributed by atoms with van der Waals surface area (Å²) >= 11 is 7.13. The average Bonchev–Trinajstić information content (AvgIpc) is 2.79. The Morgan fingerprint density at radius 3 is 2.84 bits per heavy atom. The van der Waals surface area contributed by atoms with Crippen LogP contribution in [0.15, 0.2) is 35.1 Å². The first-order valence-electron chi connectivity index (χ1n) is 5.30. The molecule has 0 unspecified atom stereocenters. The van der Waals surface area contributed by atoms with Gasteiger partial charge in [0.25, 0.3) is 10.0 Å². The Hall–Kier alpha value is -1.37.